The highest BCUT2D eigenvalue weighted by Gasteiger charge is 2.33. The maximum absolute atomic E-state index is 12.5. The number of carboxylic acids is 1. The Morgan fingerprint density at radius 2 is 1.93 bits per heavy atom. The van der Waals surface area contributed by atoms with Crippen LogP contribution in [0.4, 0.5) is 17.5 Å². The maximum atomic E-state index is 12.5. The highest BCUT2D eigenvalue weighted by atomic mass is 35.5. The number of carbonyl (C=O) groups excluding carboxylic acids is 1. The molecule has 9 heteroatoms. The molecule has 1 amide bonds. The molecule has 1 aromatic carbocycles. The average Bonchev–Trinajstić information content (AvgIpc) is 3.13. The molecule has 1 heterocycles. The number of carbonyl (C=O) groups is 2. The SMILES string of the molecule is CC(C)NC(=O)[C@H]1CCC[C@H]1Nc1nc(Nc2ccc(C(=O)O)cc2)ncc1Cl. The van der Waals surface area contributed by atoms with Crippen molar-refractivity contribution in [2.75, 3.05) is 10.6 Å². The van der Waals surface area contributed by atoms with Crippen LogP contribution in [-0.4, -0.2) is 39.0 Å². The fourth-order valence-electron chi connectivity index (χ4n) is 3.37. The van der Waals surface area contributed by atoms with Gasteiger partial charge in [0, 0.05) is 17.8 Å². The number of benzene rings is 1. The molecule has 2 aromatic rings. The van der Waals surface area contributed by atoms with Gasteiger partial charge in [0.2, 0.25) is 11.9 Å². The minimum atomic E-state index is -0.988. The number of rotatable bonds is 7. The Kier molecular flexibility index (Phi) is 6.53. The van der Waals surface area contributed by atoms with E-state index in [-0.39, 0.29) is 29.5 Å². The fraction of sp³-hybridized carbons (Fsp3) is 0.400. The van der Waals surface area contributed by atoms with E-state index in [9.17, 15) is 9.59 Å². The van der Waals surface area contributed by atoms with Crippen molar-refractivity contribution in [1.82, 2.24) is 15.3 Å². The Balaban J connectivity index is 1.71. The molecule has 2 atom stereocenters. The molecule has 0 aliphatic heterocycles. The Morgan fingerprint density at radius 3 is 2.59 bits per heavy atom. The van der Waals surface area contributed by atoms with Gasteiger partial charge in [-0.05, 0) is 51.0 Å². The van der Waals surface area contributed by atoms with Crippen LogP contribution in [0.1, 0.15) is 43.5 Å². The molecule has 0 spiro atoms. The zero-order valence-electron chi connectivity index (χ0n) is 16.3. The predicted molar refractivity (Wildman–Crippen MR) is 112 cm³/mol. The van der Waals surface area contributed by atoms with Gasteiger partial charge in [-0.15, -0.1) is 0 Å². The lowest BCUT2D eigenvalue weighted by atomic mass is 10.0. The molecule has 0 unspecified atom stereocenters. The number of amides is 1. The Bertz CT molecular complexity index is 888. The van der Waals surface area contributed by atoms with E-state index < -0.39 is 5.97 Å². The third kappa shape index (κ3) is 5.35. The van der Waals surface area contributed by atoms with Gasteiger partial charge in [0.05, 0.1) is 17.7 Å². The van der Waals surface area contributed by atoms with Gasteiger partial charge >= 0.3 is 5.97 Å². The first kappa shape index (κ1) is 20.9. The van der Waals surface area contributed by atoms with Crippen molar-refractivity contribution < 1.29 is 14.7 Å². The van der Waals surface area contributed by atoms with Crippen LogP contribution in [0.25, 0.3) is 0 Å². The van der Waals surface area contributed by atoms with Gasteiger partial charge in [0.25, 0.3) is 0 Å². The zero-order valence-corrected chi connectivity index (χ0v) is 17.0. The summed E-state index contributed by atoms with van der Waals surface area (Å²) >= 11 is 6.26. The number of halogens is 1. The standard InChI is InChI=1S/C20H24ClN5O3/c1-11(2)23-18(27)14-4-3-5-16(14)25-17-15(21)10-22-20(26-17)24-13-8-6-12(7-9-13)19(28)29/h6-11,14,16H,3-5H2,1-2H3,(H,23,27)(H,28,29)(H2,22,24,25,26)/t14-,16+/m0/s1. The molecular weight excluding hydrogens is 394 g/mol. The Hall–Kier alpha value is -2.87. The summed E-state index contributed by atoms with van der Waals surface area (Å²) in [5.41, 5.74) is 0.847. The number of nitrogens with one attached hydrogen (secondary N) is 3. The second-order valence-electron chi connectivity index (χ2n) is 7.35. The highest BCUT2D eigenvalue weighted by Crippen LogP contribution is 2.31. The van der Waals surface area contributed by atoms with Crippen LogP contribution in [0.3, 0.4) is 0 Å². The van der Waals surface area contributed by atoms with Gasteiger partial charge in [-0.25, -0.2) is 9.78 Å². The van der Waals surface area contributed by atoms with Crippen LogP contribution in [0.2, 0.25) is 5.02 Å². The first-order chi connectivity index (χ1) is 13.8. The maximum Gasteiger partial charge on any atom is 0.335 e. The van der Waals surface area contributed by atoms with Crippen molar-refractivity contribution in [3.63, 3.8) is 0 Å². The van der Waals surface area contributed by atoms with Gasteiger partial charge in [0.15, 0.2) is 5.82 Å². The van der Waals surface area contributed by atoms with Crippen molar-refractivity contribution in [3.8, 4) is 0 Å². The molecule has 0 saturated heterocycles. The van der Waals surface area contributed by atoms with Crippen molar-refractivity contribution in [2.24, 2.45) is 5.92 Å². The third-order valence-electron chi connectivity index (χ3n) is 4.74. The summed E-state index contributed by atoms with van der Waals surface area (Å²) in [6.45, 7) is 3.88. The van der Waals surface area contributed by atoms with E-state index in [1.54, 1.807) is 12.1 Å². The molecule has 1 aromatic heterocycles. The number of carboxylic acid groups (broad SMARTS) is 1. The van der Waals surface area contributed by atoms with Gasteiger partial charge in [-0.1, -0.05) is 18.0 Å². The molecule has 29 heavy (non-hydrogen) atoms. The molecule has 1 aliphatic rings. The average molecular weight is 418 g/mol. The number of hydrogen-bond acceptors (Lipinski definition) is 6. The van der Waals surface area contributed by atoms with Gasteiger partial charge in [-0.3, -0.25) is 4.79 Å². The minimum Gasteiger partial charge on any atom is -0.478 e. The number of aromatic nitrogens is 2. The third-order valence-corrected chi connectivity index (χ3v) is 5.01. The van der Waals surface area contributed by atoms with E-state index in [1.165, 1.54) is 18.3 Å². The molecule has 4 N–H and O–H groups in total. The van der Waals surface area contributed by atoms with Crippen LogP contribution >= 0.6 is 11.6 Å². The van der Waals surface area contributed by atoms with Crippen LogP contribution < -0.4 is 16.0 Å². The summed E-state index contributed by atoms with van der Waals surface area (Å²) in [5.74, 6) is -0.305. The number of hydrogen-bond donors (Lipinski definition) is 4. The monoisotopic (exact) mass is 417 g/mol. The van der Waals surface area contributed by atoms with Crippen molar-refractivity contribution >= 4 is 40.9 Å². The summed E-state index contributed by atoms with van der Waals surface area (Å²) in [4.78, 5) is 32.0. The van der Waals surface area contributed by atoms with Gasteiger partial charge in [-0.2, -0.15) is 4.98 Å². The van der Waals surface area contributed by atoms with Crippen LogP contribution in [0, 0.1) is 5.92 Å². The molecule has 1 fully saturated rings. The molecule has 0 radical (unpaired) electrons. The quantitative estimate of drug-likeness (QED) is 0.543. The zero-order chi connectivity index (χ0) is 21.0. The van der Waals surface area contributed by atoms with Crippen molar-refractivity contribution in [2.45, 2.75) is 45.2 Å². The van der Waals surface area contributed by atoms with Gasteiger partial charge < -0.3 is 21.1 Å². The minimum absolute atomic E-state index is 0.0389. The molecule has 154 valence electrons. The Labute approximate surface area is 174 Å². The van der Waals surface area contributed by atoms with E-state index in [0.717, 1.165) is 19.3 Å². The van der Waals surface area contributed by atoms with Crippen LogP contribution in [0.5, 0.6) is 0 Å². The molecule has 1 aliphatic carbocycles. The summed E-state index contributed by atoms with van der Waals surface area (Å²) in [7, 11) is 0. The molecule has 3 rings (SSSR count). The lowest BCUT2D eigenvalue weighted by molar-refractivity contribution is -0.125. The molecule has 1 saturated carbocycles. The van der Waals surface area contributed by atoms with Crippen molar-refractivity contribution in [3.05, 3.63) is 41.0 Å². The van der Waals surface area contributed by atoms with E-state index in [1.807, 2.05) is 13.8 Å². The largest absolute Gasteiger partial charge is 0.478 e. The topological polar surface area (TPSA) is 116 Å². The number of aromatic carboxylic acids is 1. The normalized spacial score (nSPS) is 18.5. The lowest BCUT2D eigenvalue weighted by Crippen LogP contribution is -2.41. The first-order valence-corrected chi connectivity index (χ1v) is 9.91. The second kappa shape index (κ2) is 9.09. The number of anilines is 3. The van der Waals surface area contributed by atoms with E-state index in [2.05, 4.69) is 25.9 Å². The predicted octanol–water partition coefficient (Wildman–Crippen LogP) is 3.68. The molecular formula is C20H24ClN5O3. The number of nitrogens with zero attached hydrogens (tertiary/aromatic N) is 2. The second-order valence-corrected chi connectivity index (χ2v) is 7.76. The first-order valence-electron chi connectivity index (χ1n) is 9.53. The van der Waals surface area contributed by atoms with E-state index >= 15 is 0 Å². The van der Waals surface area contributed by atoms with E-state index in [4.69, 9.17) is 16.7 Å². The summed E-state index contributed by atoms with van der Waals surface area (Å²) in [6.07, 6.45) is 4.12. The summed E-state index contributed by atoms with van der Waals surface area (Å²) in [6, 6.07) is 6.31. The summed E-state index contributed by atoms with van der Waals surface area (Å²) in [5, 5.41) is 18.7. The van der Waals surface area contributed by atoms with Crippen molar-refractivity contribution in [1.29, 1.82) is 0 Å². The van der Waals surface area contributed by atoms with Gasteiger partial charge in [0.1, 0.15) is 5.02 Å². The molecule has 0 bridgehead atoms. The fourth-order valence-corrected chi connectivity index (χ4v) is 3.51. The van der Waals surface area contributed by atoms with E-state index in [0.29, 0.717) is 22.5 Å². The lowest BCUT2D eigenvalue weighted by Gasteiger charge is -2.22. The van der Waals surface area contributed by atoms with Crippen LogP contribution in [-0.2, 0) is 4.79 Å². The Morgan fingerprint density at radius 1 is 1.21 bits per heavy atom. The highest BCUT2D eigenvalue weighted by molar-refractivity contribution is 6.32. The summed E-state index contributed by atoms with van der Waals surface area (Å²) < 4.78 is 0. The smallest absolute Gasteiger partial charge is 0.335 e. The molecule has 8 nitrogen and oxygen atoms in total. The van der Waals surface area contributed by atoms with Crippen LogP contribution in [0.15, 0.2) is 30.5 Å².